The molecule has 0 amide bonds. The van der Waals surface area contributed by atoms with Crippen molar-refractivity contribution < 1.29 is 5.11 Å². The Morgan fingerprint density at radius 3 is 2.33 bits per heavy atom. The van der Waals surface area contributed by atoms with Crippen molar-refractivity contribution in [2.45, 2.75) is 26.0 Å². The lowest BCUT2D eigenvalue weighted by Gasteiger charge is -2.35. The van der Waals surface area contributed by atoms with Crippen molar-refractivity contribution in [3.8, 4) is 0 Å². The molecular formula is C9H20N2O. The summed E-state index contributed by atoms with van der Waals surface area (Å²) in [6.07, 6.45) is 0.880. The van der Waals surface area contributed by atoms with Gasteiger partial charge < -0.3 is 10.0 Å². The van der Waals surface area contributed by atoms with E-state index in [0.29, 0.717) is 0 Å². The average Bonchev–Trinajstić information content (AvgIpc) is 2.34. The lowest BCUT2D eigenvalue weighted by Crippen LogP contribution is -2.50. The van der Waals surface area contributed by atoms with Crippen LogP contribution >= 0.6 is 0 Å². The van der Waals surface area contributed by atoms with Crippen LogP contribution in [0.25, 0.3) is 0 Å². The molecule has 1 unspecified atom stereocenters. The zero-order valence-electron chi connectivity index (χ0n) is 8.38. The van der Waals surface area contributed by atoms with E-state index in [1.165, 1.54) is 0 Å². The molecule has 1 aliphatic rings. The smallest absolute Gasteiger partial charge is 0.132 e. The van der Waals surface area contributed by atoms with Crippen LogP contribution in [0.5, 0.6) is 0 Å². The molecule has 1 rings (SSSR count). The van der Waals surface area contributed by atoms with Gasteiger partial charge in [-0.05, 0) is 20.1 Å². The average molecular weight is 172 g/mol. The Kier molecular flexibility index (Phi) is 3.09. The van der Waals surface area contributed by atoms with Crippen LogP contribution in [-0.4, -0.2) is 53.9 Å². The van der Waals surface area contributed by atoms with Crippen LogP contribution in [-0.2, 0) is 0 Å². The maximum atomic E-state index is 10.2. The minimum atomic E-state index is -0.557. The molecule has 12 heavy (non-hydrogen) atoms. The van der Waals surface area contributed by atoms with E-state index in [-0.39, 0.29) is 0 Å². The van der Waals surface area contributed by atoms with E-state index in [2.05, 4.69) is 30.7 Å². The third kappa shape index (κ3) is 1.79. The van der Waals surface area contributed by atoms with Crippen molar-refractivity contribution in [3.63, 3.8) is 0 Å². The zero-order valence-corrected chi connectivity index (χ0v) is 8.38. The first-order valence-electron chi connectivity index (χ1n) is 4.78. The van der Waals surface area contributed by atoms with E-state index in [0.717, 1.165) is 32.6 Å². The van der Waals surface area contributed by atoms with E-state index in [1.54, 1.807) is 0 Å². The largest absolute Gasteiger partial charge is 0.374 e. The Morgan fingerprint density at radius 1 is 1.42 bits per heavy atom. The van der Waals surface area contributed by atoms with Crippen molar-refractivity contribution in [2.24, 2.45) is 0 Å². The van der Waals surface area contributed by atoms with E-state index in [4.69, 9.17) is 0 Å². The number of aliphatic hydroxyl groups is 1. The molecule has 1 fully saturated rings. The standard InChI is InChI=1S/C9H20N2O/c1-4-11(5-2)9(12)6-7-10(3)8-9/h12H,4-8H2,1-3H3. The quantitative estimate of drug-likeness (QED) is 0.622. The molecule has 1 saturated heterocycles. The Bertz CT molecular complexity index is 147. The van der Waals surface area contributed by atoms with Crippen LogP contribution in [0.2, 0.25) is 0 Å². The number of hydrogen-bond acceptors (Lipinski definition) is 3. The fourth-order valence-corrected chi connectivity index (χ4v) is 2.03. The first-order valence-corrected chi connectivity index (χ1v) is 4.78. The highest BCUT2D eigenvalue weighted by atomic mass is 16.3. The van der Waals surface area contributed by atoms with Crippen molar-refractivity contribution in [1.29, 1.82) is 0 Å². The summed E-state index contributed by atoms with van der Waals surface area (Å²) in [5.41, 5.74) is -0.557. The SMILES string of the molecule is CCN(CC)C1(O)CCN(C)C1. The second kappa shape index (κ2) is 3.73. The maximum absolute atomic E-state index is 10.2. The molecule has 0 aliphatic carbocycles. The summed E-state index contributed by atoms with van der Waals surface area (Å²) in [7, 11) is 2.06. The second-order valence-electron chi connectivity index (χ2n) is 3.64. The molecule has 0 aromatic heterocycles. The minimum Gasteiger partial charge on any atom is -0.374 e. The molecule has 0 aromatic carbocycles. The van der Waals surface area contributed by atoms with E-state index in [9.17, 15) is 5.11 Å². The van der Waals surface area contributed by atoms with Crippen LogP contribution < -0.4 is 0 Å². The van der Waals surface area contributed by atoms with Gasteiger partial charge in [0.1, 0.15) is 5.72 Å². The predicted molar refractivity (Wildman–Crippen MR) is 50.0 cm³/mol. The van der Waals surface area contributed by atoms with Gasteiger partial charge in [-0.15, -0.1) is 0 Å². The number of likely N-dealkylation sites (tertiary alicyclic amines) is 1. The van der Waals surface area contributed by atoms with Gasteiger partial charge in [-0.1, -0.05) is 13.8 Å². The highest BCUT2D eigenvalue weighted by Gasteiger charge is 2.38. The summed E-state index contributed by atoms with van der Waals surface area (Å²) in [4.78, 5) is 4.31. The van der Waals surface area contributed by atoms with Gasteiger partial charge in [0.15, 0.2) is 0 Å². The van der Waals surface area contributed by atoms with Crippen LogP contribution in [0.3, 0.4) is 0 Å². The first-order chi connectivity index (χ1) is 5.62. The molecule has 3 heteroatoms. The topological polar surface area (TPSA) is 26.7 Å². The number of hydrogen-bond donors (Lipinski definition) is 1. The van der Waals surface area contributed by atoms with E-state index in [1.807, 2.05) is 0 Å². The molecule has 0 radical (unpaired) electrons. The first kappa shape index (κ1) is 9.96. The van der Waals surface area contributed by atoms with Crippen LogP contribution in [0, 0.1) is 0 Å². The van der Waals surface area contributed by atoms with Crippen molar-refractivity contribution in [1.82, 2.24) is 9.80 Å². The number of nitrogens with zero attached hydrogens (tertiary/aromatic N) is 2. The van der Waals surface area contributed by atoms with Crippen molar-refractivity contribution >= 4 is 0 Å². The normalized spacial score (nSPS) is 31.8. The number of rotatable bonds is 3. The van der Waals surface area contributed by atoms with Gasteiger partial charge >= 0.3 is 0 Å². The summed E-state index contributed by atoms with van der Waals surface area (Å²) < 4.78 is 0. The van der Waals surface area contributed by atoms with E-state index >= 15 is 0 Å². The van der Waals surface area contributed by atoms with Gasteiger partial charge in [0.25, 0.3) is 0 Å². The summed E-state index contributed by atoms with van der Waals surface area (Å²) in [5, 5.41) is 10.2. The molecule has 1 heterocycles. The lowest BCUT2D eigenvalue weighted by atomic mass is 10.1. The molecule has 3 nitrogen and oxygen atoms in total. The summed E-state index contributed by atoms with van der Waals surface area (Å²) in [6, 6.07) is 0. The maximum Gasteiger partial charge on any atom is 0.132 e. The third-order valence-electron chi connectivity index (χ3n) is 2.77. The van der Waals surface area contributed by atoms with Crippen LogP contribution in [0.4, 0.5) is 0 Å². The second-order valence-corrected chi connectivity index (χ2v) is 3.64. The number of β-amino-alcohol motifs (C(OH)–C–C–N with tert-alkyl or cyclic N) is 1. The molecular weight excluding hydrogens is 152 g/mol. The number of likely N-dealkylation sites (N-methyl/N-ethyl adjacent to an activating group) is 2. The van der Waals surface area contributed by atoms with Gasteiger partial charge in [-0.2, -0.15) is 0 Å². The zero-order chi connectivity index (χ0) is 9.19. The Morgan fingerprint density at radius 2 is 2.00 bits per heavy atom. The Balaban J connectivity index is 2.58. The Labute approximate surface area is 75.0 Å². The van der Waals surface area contributed by atoms with Crippen LogP contribution in [0.15, 0.2) is 0 Å². The highest BCUT2D eigenvalue weighted by Crippen LogP contribution is 2.23. The molecule has 0 bridgehead atoms. The molecule has 0 spiro atoms. The molecule has 1 N–H and O–H groups in total. The van der Waals surface area contributed by atoms with Crippen molar-refractivity contribution in [3.05, 3.63) is 0 Å². The molecule has 0 saturated carbocycles. The van der Waals surface area contributed by atoms with E-state index < -0.39 is 5.72 Å². The van der Waals surface area contributed by atoms with Gasteiger partial charge in [0.05, 0.1) is 0 Å². The summed E-state index contributed by atoms with van der Waals surface area (Å²) in [5.74, 6) is 0. The van der Waals surface area contributed by atoms with Gasteiger partial charge in [-0.3, -0.25) is 4.90 Å². The van der Waals surface area contributed by atoms with Gasteiger partial charge in [0, 0.05) is 19.5 Å². The molecule has 1 atom stereocenters. The molecule has 1 aliphatic heterocycles. The van der Waals surface area contributed by atoms with Gasteiger partial charge in [-0.25, -0.2) is 0 Å². The fraction of sp³-hybridized carbons (Fsp3) is 1.00. The molecule has 72 valence electrons. The fourth-order valence-electron chi connectivity index (χ4n) is 2.03. The summed E-state index contributed by atoms with van der Waals surface area (Å²) in [6.45, 7) is 7.85. The third-order valence-corrected chi connectivity index (χ3v) is 2.77. The molecule has 0 aromatic rings. The predicted octanol–water partition coefficient (Wildman–Crippen LogP) is 0.352. The monoisotopic (exact) mass is 172 g/mol. The lowest BCUT2D eigenvalue weighted by molar-refractivity contribution is -0.0925. The minimum absolute atomic E-state index is 0.557. The Hall–Kier alpha value is -0.120. The van der Waals surface area contributed by atoms with Crippen molar-refractivity contribution in [2.75, 3.05) is 33.2 Å². The van der Waals surface area contributed by atoms with Crippen LogP contribution in [0.1, 0.15) is 20.3 Å². The van der Waals surface area contributed by atoms with Gasteiger partial charge in [0.2, 0.25) is 0 Å². The highest BCUT2D eigenvalue weighted by molar-refractivity contribution is 4.87. The summed E-state index contributed by atoms with van der Waals surface area (Å²) >= 11 is 0.